The van der Waals surface area contributed by atoms with Crippen LogP contribution in [-0.2, 0) is 12.8 Å². The van der Waals surface area contributed by atoms with E-state index in [1.165, 1.54) is 0 Å². The summed E-state index contributed by atoms with van der Waals surface area (Å²) in [7, 11) is 2.14. The minimum atomic E-state index is -0.862. The van der Waals surface area contributed by atoms with Crippen LogP contribution in [0.1, 0.15) is 41.4 Å². The number of aromatic carboxylic acids is 1. The Labute approximate surface area is 125 Å². The van der Waals surface area contributed by atoms with E-state index in [9.17, 15) is 9.90 Å². The molecular weight excluding hydrogens is 266 g/mol. The molecular formula is C16H23N3O2. The van der Waals surface area contributed by atoms with Gasteiger partial charge in [0.25, 0.3) is 0 Å². The fourth-order valence-corrected chi connectivity index (χ4v) is 3.44. The molecule has 1 aromatic rings. The van der Waals surface area contributed by atoms with Crippen molar-refractivity contribution < 1.29 is 9.90 Å². The monoisotopic (exact) mass is 289 g/mol. The number of aryl methyl sites for hydroxylation is 2. The largest absolute Gasteiger partial charge is 0.478 e. The van der Waals surface area contributed by atoms with Gasteiger partial charge in [0.15, 0.2) is 0 Å². The van der Waals surface area contributed by atoms with Gasteiger partial charge in [-0.2, -0.15) is 0 Å². The van der Waals surface area contributed by atoms with Gasteiger partial charge in [0, 0.05) is 31.4 Å². The number of likely N-dealkylation sites (N-methyl/N-ethyl adjacent to an activating group) is 1. The number of hydrogen-bond acceptors (Lipinski definition) is 4. The van der Waals surface area contributed by atoms with Crippen molar-refractivity contribution in [2.45, 2.75) is 38.6 Å². The van der Waals surface area contributed by atoms with E-state index in [4.69, 9.17) is 4.98 Å². The molecule has 0 spiro atoms. The van der Waals surface area contributed by atoms with Crippen LogP contribution in [0.3, 0.4) is 0 Å². The van der Waals surface area contributed by atoms with Crippen LogP contribution in [0.15, 0.2) is 6.07 Å². The summed E-state index contributed by atoms with van der Waals surface area (Å²) in [6.45, 7) is 4.84. The van der Waals surface area contributed by atoms with Gasteiger partial charge in [-0.25, -0.2) is 9.78 Å². The van der Waals surface area contributed by atoms with Gasteiger partial charge in [-0.15, -0.1) is 0 Å². The molecule has 0 amide bonds. The van der Waals surface area contributed by atoms with Crippen LogP contribution in [-0.4, -0.2) is 53.7 Å². The van der Waals surface area contributed by atoms with Gasteiger partial charge >= 0.3 is 5.97 Å². The Morgan fingerprint density at radius 1 is 1.43 bits per heavy atom. The number of carboxylic acids is 1. The summed E-state index contributed by atoms with van der Waals surface area (Å²) in [5.74, 6) is -0.186. The van der Waals surface area contributed by atoms with Crippen molar-refractivity contribution in [1.82, 2.24) is 9.88 Å². The number of fused-ring (bicyclic) bond motifs is 1. The van der Waals surface area contributed by atoms with Crippen molar-refractivity contribution in [3.05, 3.63) is 22.9 Å². The maximum atomic E-state index is 11.6. The molecule has 21 heavy (non-hydrogen) atoms. The summed E-state index contributed by atoms with van der Waals surface area (Å²) in [5.41, 5.74) is 2.59. The summed E-state index contributed by atoms with van der Waals surface area (Å²) in [6, 6.07) is 2.32. The van der Waals surface area contributed by atoms with Crippen molar-refractivity contribution in [2.75, 3.05) is 31.6 Å². The van der Waals surface area contributed by atoms with Crippen LogP contribution < -0.4 is 4.90 Å². The van der Waals surface area contributed by atoms with Gasteiger partial charge in [0.2, 0.25) is 0 Å². The van der Waals surface area contributed by atoms with Gasteiger partial charge in [-0.1, -0.05) is 6.92 Å². The zero-order valence-corrected chi connectivity index (χ0v) is 12.8. The van der Waals surface area contributed by atoms with Crippen LogP contribution >= 0.6 is 0 Å². The van der Waals surface area contributed by atoms with Gasteiger partial charge in [0.1, 0.15) is 11.4 Å². The Morgan fingerprint density at radius 3 is 2.95 bits per heavy atom. The molecule has 0 saturated carbocycles. The average Bonchev–Trinajstić information content (AvgIpc) is 2.93. The topological polar surface area (TPSA) is 56.7 Å². The number of anilines is 1. The molecule has 114 valence electrons. The van der Waals surface area contributed by atoms with E-state index in [1.807, 2.05) is 6.07 Å². The Hall–Kier alpha value is -1.62. The van der Waals surface area contributed by atoms with E-state index in [0.29, 0.717) is 17.4 Å². The lowest BCUT2D eigenvalue weighted by Crippen LogP contribution is -2.51. The smallest absolute Gasteiger partial charge is 0.339 e. The molecule has 3 rings (SSSR count). The molecule has 1 N–H and O–H groups in total. The standard InChI is InChI=1S/C16H23N3O2/c1-3-12-10-19(8-7-18(12)2)15-13(16(20)21)9-11-5-4-6-14(11)17-15/h9,12H,3-8,10H2,1-2H3,(H,20,21). The first kappa shape index (κ1) is 14.3. The maximum absolute atomic E-state index is 11.6. The van der Waals surface area contributed by atoms with Crippen molar-refractivity contribution in [3.8, 4) is 0 Å². The number of aromatic nitrogens is 1. The van der Waals surface area contributed by atoms with Gasteiger partial charge in [0.05, 0.1) is 0 Å². The SMILES string of the molecule is CCC1CN(c2nc3c(cc2C(=O)O)CCC3)CCN1C. The highest BCUT2D eigenvalue weighted by atomic mass is 16.4. The predicted molar refractivity (Wildman–Crippen MR) is 82.1 cm³/mol. The summed E-state index contributed by atoms with van der Waals surface area (Å²) in [6.07, 6.45) is 4.10. The number of carbonyl (C=O) groups is 1. The van der Waals surface area contributed by atoms with E-state index in [0.717, 1.165) is 56.6 Å². The zero-order valence-electron chi connectivity index (χ0n) is 12.8. The summed E-state index contributed by atoms with van der Waals surface area (Å²) in [4.78, 5) is 20.8. The lowest BCUT2D eigenvalue weighted by molar-refractivity contribution is 0.0696. The van der Waals surface area contributed by atoms with Crippen LogP contribution in [0.25, 0.3) is 0 Å². The number of nitrogens with zero attached hydrogens (tertiary/aromatic N) is 3. The van der Waals surface area contributed by atoms with Gasteiger partial charge in [-0.3, -0.25) is 4.90 Å². The molecule has 1 aliphatic heterocycles. The molecule has 1 fully saturated rings. The van der Waals surface area contributed by atoms with E-state index in [2.05, 4.69) is 23.8 Å². The minimum Gasteiger partial charge on any atom is -0.478 e. The quantitative estimate of drug-likeness (QED) is 0.919. The minimum absolute atomic E-state index is 0.370. The lowest BCUT2D eigenvalue weighted by atomic mass is 10.1. The molecule has 2 aliphatic rings. The number of carboxylic acid groups (broad SMARTS) is 1. The molecule has 0 bridgehead atoms. The normalized spacial score (nSPS) is 22.4. The van der Waals surface area contributed by atoms with Crippen LogP contribution in [0.2, 0.25) is 0 Å². The molecule has 1 atom stereocenters. The van der Waals surface area contributed by atoms with Crippen LogP contribution in [0.5, 0.6) is 0 Å². The van der Waals surface area contributed by atoms with E-state index in [1.54, 1.807) is 0 Å². The van der Waals surface area contributed by atoms with Crippen molar-refractivity contribution in [2.24, 2.45) is 0 Å². The molecule has 0 radical (unpaired) electrons. The fourth-order valence-electron chi connectivity index (χ4n) is 3.44. The third-order valence-corrected chi connectivity index (χ3v) is 4.81. The maximum Gasteiger partial charge on any atom is 0.339 e. The molecule has 0 aromatic carbocycles. The molecule has 1 saturated heterocycles. The zero-order chi connectivity index (χ0) is 15.0. The average molecular weight is 289 g/mol. The third kappa shape index (κ3) is 2.62. The Morgan fingerprint density at radius 2 is 2.24 bits per heavy atom. The second-order valence-electron chi connectivity index (χ2n) is 6.11. The van der Waals surface area contributed by atoms with Crippen molar-refractivity contribution >= 4 is 11.8 Å². The lowest BCUT2D eigenvalue weighted by Gasteiger charge is -2.40. The first-order valence-electron chi connectivity index (χ1n) is 7.81. The second-order valence-corrected chi connectivity index (χ2v) is 6.11. The summed E-state index contributed by atoms with van der Waals surface area (Å²) in [5, 5.41) is 9.53. The first-order valence-corrected chi connectivity index (χ1v) is 7.81. The summed E-state index contributed by atoms with van der Waals surface area (Å²) >= 11 is 0. The van der Waals surface area contributed by atoms with Gasteiger partial charge in [-0.05, 0) is 44.4 Å². The highest BCUT2D eigenvalue weighted by Gasteiger charge is 2.28. The molecule has 2 heterocycles. The Kier molecular flexibility index (Phi) is 3.85. The highest BCUT2D eigenvalue weighted by Crippen LogP contribution is 2.29. The van der Waals surface area contributed by atoms with Crippen molar-refractivity contribution in [3.63, 3.8) is 0 Å². The van der Waals surface area contributed by atoms with Crippen molar-refractivity contribution in [1.29, 1.82) is 0 Å². The third-order valence-electron chi connectivity index (χ3n) is 4.81. The first-order chi connectivity index (χ1) is 10.1. The molecule has 5 nitrogen and oxygen atoms in total. The number of rotatable bonds is 3. The molecule has 5 heteroatoms. The Balaban J connectivity index is 1.95. The molecule has 1 aliphatic carbocycles. The molecule has 1 aromatic heterocycles. The highest BCUT2D eigenvalue weighted by molar-refractivity contribution is 5.93. The van der Waals surface area contributed by atoms with E-state index >= 15 is 0 Å². The second kappa shape index (κ2) is 5.64. The van der Waals surface area contributed by atoms with E-state index < -0.39 is 5.97 Å². The van der Waals surface area contributed by atoms with E-state index in [-0.39, 0.29) is 0 Å². The van der Waals surface area contributed by atoms with Crippen LogP contribution in [0, 0.1) is 0 Å². The predicted octanol–water partition coefficient (Wildman–Crippen LogP) is 1.80. The number of hydrogen-bond donors (Lipinski definition) is 1. The van der Waals surface area contributed by atoms with Crippen LogP contribution in [0.4, 0.5) is 5.82 Å². The number of pyridine rings is 1. The molecule has 1 unspecified atom stereocenters. The summed E-state index contributed by atoms with van der Waals surface area (Å²) < 4.78 is 0. The number of piperazine rings is 1. The fraction of sp³-hybridized carbons (Fsp3) is 0.625. The van der Waals surface area contributed by atoms with Gasteiger partial charge < -0.3 is 10.0 Å². The Bertz CT molecular complexity index is 559.